The molecule has 2 aromatic rings. The van der Waals surface area contributed by atoms with E-state index in [0.717, 1.165) is 32.3 Å². The Kier molecular flexibility index (Phi) is 4.28. The molecule has 3 rings (SSSR count). The van der Waals surface area contributed by atoms with Crippen LogP contribution in [0.4, 0.5) is 6.01 Å². The molecule has 2 heterocycles. The summed E-state index contributed by atoms with van der Waals surface area (Å²) in [4.78, 5) is 0. The van der Waals surface area contributed by atoms with Gasteiger partial charge in [0, 0.05) is 13.0 Å². The lowest BCUT2D eigenvalue weighted by molar-refractivity contribution is 0.195. The molecule has 1 aromatic carbocycles. The molecule has 5 heteroatoms. The first-order valence-electron chi connectivity index (χ1n) is 7.11. The van der Waals surface area contributed by atoms with Crippen molar-refractivity contribution in [2.24, 2.45) is 0 Å². The SMILES string of the molecule is c1ccc(CCCc2nnc(NC3CCOC3)o2)cc1. The molecule has 1 saturated heterocycles. The Morgan fingerprint density at radius 2 is 2.05 bits per heavy atom. The number of anilines is 1. The third kappa shape index (κ3) is 3.57. The molecule has 1 atom stereocenters. The van der Waals surface area contributed by atoms with Gasteiger partial charge in [-0.1, -0.05) is 35.4 Å². The lowest BCUT2D eigenvalue weighted by atomic mass is 10.1. The highest BCUT2D eigenvalue weighted by Gasteiger charge is 2.17. The van der Waals surface area contributed by atoms with Crippen LogP contribution in [0.5, 0.6) is 0 Å². The van der Waals surface area contributed by atoms with Crippen molar-refractivity contribution in [3.05, 3.63) is 41.8 Å². The second kappa shape index (κ2) is 6.52. The van der Waals surface area contributed by atoms with Crippen LogP contribution in [0.3, 0.4) is 0 Å². The largest absolute Gasteiger partial charge is 0.408 e. The molecule has 0 saturated carbocycles. The smallest absolute Gasteiger partial charge is 0.315 e. The fourth-order valence-corrected chi connectivity index (χ4v) is 2.32. The van der Waals surface area contributed by atoms with E-state index in [1.165, 1.54) is 5.56 Å². The number of nitrogens with one attached hydrogen (secondary N) is 1. The first-order valence-corrected chi connectivity index (χ1v) is 7.11. The van der Waals surface area contributed by atoms with Crippen LogP contribution in [-0.2, 0) is 17.6 Å². The monoisotopic (exact) mass is 273 g/mol. The third-order valence-electron chi connectivity index (χ3n) is 3.42. The van der Waals surface area contributed by atoms with Gasteiger partial charge in [0.2, 0.25) is 5.89 Å². The van der Waals surface area contributed by atoms with Gasteiger partial charge in [-0.25, -0.2) is 0 Å². The maximum absolute atomic E-state index is 5.59. The Morgan fingerprint density at radius 3 is 2.85 bits per heavy atom. The fourth-order valence-electron chi connectivity index (χ4n) is 2.32. The van der Waals surface area contributed by atoms with E-state index >= 15 is 0 Å². The summed E-state index contributed by atoms with van der Waals surface area (Å²) >= 11 is 0. The van der Waals surface area contributed by atoms with Gasteiger partial charge in [-0.3, -0.25) is 0 Å². The van der Waals surface area contributed by atoms with Crippen LogP contribution >= 0.6 is 0 Å². The quantitative estimate of drug-likeness (QED) is 0.876. The van der Waals surface area contributed by atoms with E-state index in [9.17, 15) is 0 Å². The number of benzene rings is 1. The molecule has 106 valence electrons. The maximum atomic E-state index is 5.59. The van der Waals surface area contributed by atoms with E-state index < -0.39 is 0 Å². The molecule has 0 bridgehead atoms. The zero-order valence-electron chi connectivity index (χ0n) is 11.4. The van der Waals surface area contributed by atoms with Crippen LogP contribution in [0, 0.1) is 0 Å². The minimum absolute atomic E-state index is 0.299. The van der Waals surface area contributed by atoms with E-state index in [1.807, 2.05) is 6.07 Å². The molecule has 1 fully saturated rings. The summed E-state index contributed by atoms with van der Waals surface area (Å²) in [7, 11) is 0. The van der Waals surface area contributed by atoms with Gasteiger partial charge < -0.3 is 14.5 Å². The second-order valence-corrected chi connectivity index (χ2v) is 5.04. The highest BCUT2D eigenvalue weighted by atomic mass is 16.5. The molecule has 0 radical (unpaired) electrons. The van der Waals surface area contributed by atoms with Crippen molar-refractivity contribution in [3.8, 4) is 0 Å². The van der Waals surface area contributed by atoms with Crippen molar-refractivity contribution in [3.63, 3.8) is 0 Å². The van der Waals surface area contributed by atoms with Gasteiger partial charge >= 0.3 is 6.01 Å². The number of hydrogen-bond acceptors (Lipinski definition) is 5. The van der Waals surface area contributed by atoms with Crippen molar-refractivity contribution in [2.75, 3.05) is 18.5 Å². The van der Waals surface area contributed by atoms with Crippen molar-refractivity contribution in [2.45, 2.75) is 31.7 Å². The number of aryl methyl sites for hydroxylation is 2. The molecule has 5 nitrogen and oxygen atoms in total. The molecule has 1 aliphatic rings. The van der Waals surface area contributed by atoms with E-state index in [2.05, 4.69) is 39.8 Å². The van der Waals surface area contributed by atoms with Crippen molar-refractivity contribution >= 4 is 6.01 Å². The topological polar surface area (TPSA) is 60.2 Å². The van der Waals surface area contributed by atoms with Gasteiger partial charge in [0.05, 0.1) is 12.6 Å². The lowest BCUT2D eigenvalue weighted by Gasteiger charge is -2.06. The van der Waals surface area contributed by atoms with Crippen LogP contribution in [-0.4, -0.2) is 29.5 Å². The standard InChI is InChI=1S/C15H19N3O2/c1-2-5-12(6-3-1)7-4-8-14-17-18-15(20-14)16-13-9-10-19-11-13/h1-3,5-6,13H,4,7-11H2,(H,16,18). The average molecular weight is 273 g/mol. The zero-order valence-corrected chi connectivity index (χ0v) is 11.4. The average Bonchev–Trinajstić information content (AvgIpc) is 3.13. The van der Waals surface area contributed by atoms with Gasteiger partial charge in [-0.2, -0.15) is 0 Å². The third-order valence-corrected chi connectivity index (χ3v) is 3.42. The van der Waals surface area contributed by atoms with E-state index in [0.29, 0.717) is 24.6 Å². The molecule has 0 aliphatic carbocycles. The number of ether oxygens (including phenoxy) is 1. The predicted octanol–water partition coefficient (Wildman–Crippen LogP) is 2.45. The van der Waals surface area contributed by atoms with Gasteiger partial charge in [0.15, 0.2) is 0 Å². The normalized spacial score (nSPS) is 18.3. The Hall–Kier alpha value is -1.88. The first kappa shape index (κ1) is 13.1. The van der Waals surface area contributed by atoms with Crippen LogP contribution in [0.1, 0.15) is 24.3 Å². The van der Waals surface area contributed by atoms with Crippen LogP contribution < -0.4 is 5.32 Å². The summed E-state index contributed by atoms with van der Waals surface area (Å²) in [5, 5.41) is 11.3. The highest BCUT2D eigenvalue weighted by Crippen LogP contribution is 2.14. The minimum atomic E-state index is 0.299. The van der Waals surface area contributed by atoms with E-state index in [1.54, 1.807) is 0 Å². The van der Waals surface area contributed by atoms with Gasteiger partial charge in [-0.05, 0) is 24.8 Å². The highest BCUT2D eigenvalue weighted by molar-refractivity contribution is 5.20. The molecule has 1 N–H and O–H groups in total. The Bertz CT molecular complexity index is 521. The molecular formula is C15H19N3O2. The van der Waals surface area contributed by atoms with Crippen LogP contribution in [0.15, 0.2) is 34.7 Å². The summed E-state index contributed by atoms with van der Waals surface area (Å²) in [6.45, 7) is 1.52. The number of nitrogens with zero attached hydrogens (tertiary/aromatic N) is 2. The fraction of sp³-hybridized carbons (Fsp3) is 0.467. The summed E-state index contributed by atoms with van der Waals surface area (Å²) in [5.41, 5.74) is 1.34. The number of hydrogen-bond donors (Lipinski definition) is 1. The van der Waals surface area contributed by atoms with Gasteiger partial charge in [0.1, 0.15) is 0 Å². The summed E-state index contributed by atoms with van der Waals surface area (Å²) < 4.78 is 10.9. The molecule has 0 spiro atoms. The predicted molar refractivity (Wildman–Crippen MR) is 75.6 cm³/mol. The van der Waals surface area contributed by atoms with Crippen LogP contribution in [0.25, 0.3) is 0 Å². The van der Waals surface area contributed by atoms with Crippen molar-refractivity contribution in [1.29, 1.82) is 0 Å². The molecule has 0 amide bonds. The number of aromatic nitrogens is 2. The first-order chi connectivity index (χ1) is 9.90. The molecule has 1 unspecified atom stereocenters. The summed E-state index contributed by atoms with van der Waals surface area (Å²) in [6, 6.07) is 11.2. The molecular weight excluding hydrogens is 254 g/mol. The minimum Gasteiger partial charge on any atom is -0.408 e. The lowest BCUT2D eigenvalue weighted by Crippen LogP contribution is -2.18. The van der Waals surface area contributed by atoms with E-state index in [4.69, 9.17) is 9.15 Å². The maximum Gasteiger partial charge on any atom is 0.315 e. The van der Waals surface area contributed by atoms with Crippen molar-refractivity contribution < 1.29 is 9.15 Å². The molecule has 1 aromatic heterocycles. The zero-order chi connectivity index (χ0) is 13.6. The van der Waals surface area contributed by atoms with Crippen molar-refractivity contribution in [1.82, 2.24) is 10.2 Å². The Balaban J connectivity index is 1.45. The van der Waals surface area contributed by atoms with Gasteiger partial charge in [0.25, 0.3) is 0 Å². The summed E-state index contributed by atoms with van der Waals surface area (Å²) in [6.07, 6.45) is 3.84. The second-order valence-electron chi connectivity index (χ2n) is 5.04. The van der Waals surface area contributed by atoms with Gasteiger partial charge in [-0.15, -0.1) is 5.10 Å². The Morgan fingerprint density at radius 1 is 1.15 bits per heavy atom. The Labute approximate surface area is 118 Å². The molecule has 1 aliphatic heterocycles. The van der Waals surface area contributed by atoms with E-state index in [-0.39, 0.29) is 0 Å². The van der Waals surface area contributed by atoms with Crippen LogP contribution in [0.2, 0.25) is 0 Å². The molecule has 20 heavy (non-hydrogen) atoms. The number of rotatable bonds is 6. The summed E-state index contributed by atoms with van der Waals surface area (Å²) in [5.74, 6) is 0.697.